The molecule has 0 saturated heterocycles. The van der Waals surface area contributed by atoms with Crippen LogP contribution in [0.3, 0.4) is 0 Å². The van der Waals surface area contributed by atoms with Crippen molar-refractivity contribution in [1.82, 2.24) is 15.5 Å². The van der Waals surface area contributed by atoms with Crippen LogP contribution in [-0.4, -0.2) is 57.6 Å². The van der Waals surface area contributed by atoms with E-state index >= 15 is 0 Å². The molecule has 146 valence electrons. The summed E-state index contributed by atoms with van der Waals surface area (Å²) >= 11 is 3.45. The molecule has 6 nitrogen and oxygen atoms in total. The minimum Gasteiger partial charge on any atom is -0.496 e. The van der Waals surface area contributed by atoms with Gasteiger partial charge in [-0.3, -0.25) is 4.79 Å². The summed E-state index contributed by atoms with van der Waals surface area (Å²) in [5.74, 6) is 1.45. The molecular weight excluding hydrogens is 511 g/mol. The Morgan fingerprint density at radius 3 is 2.73 bits per heavy atom. The Morgan fingerprint density at radius 1 is 1.38 bits per heavy atom. The fraction of sp³-hybridized carbons (Fsp3) is 0.444. The Bertz CT molecular complexity index is 609. The van der Waals surface area contributed by atoms with E-state index in [1.165, 1.54) is 4.90 Å². The molecule has 0 radical (unpaired) electrons. The van der Waals surface area contributed by atoms with Gasteiger partial charge in [-0.2, -0.15) is 0 Å². The van der Waals surface area contributed by atoms with E-state index in [0.29, 0.717) is 12.5 Å². The molecule has 1 rings (SSSR count). The third-order valence-corrected chi connectivity index (χ3v) is 3.94. The highest BCUT2D eigenvalue weighted by Crippen LogP contribution is 2.24. The van der Waals surface area contributed by atoms with E-state index in [-0.39, 0.29) is 36.4 Å². The molecule has 0 aliphatic carbocycles. The highest BCUT2D eigenvalue weighted by molar-refractivity contribution is 14.0. The van der Waals surface area contributed by atoms with Crippen molar-refractivity contribution in [1.29, 1.82) is 0 Å². The number of halogens is 2. The number of methoxy groups -OCH3 is 1. The van der Waals surface area contributed by atoms with Gasteiger partial charge in [0.15, 0.2) is 5.96 Å². The Kier molecular flexibility index (Phi) is 13.2. The number of nitrogens with zero attached hydrogens (tertiary/aromatic N) is 2. The standard InChI is InChI=1S/C18H27BrN4O2.HI/c1-5-10-20-18(22-13-17(24)23(2)3)21-11-6-7-14-8-9-15(19)12-16(14)25-4;/h5,8-9,12H,1,6-7,10-11,13H2,2-4H3,(H2,20,21,22);1H. The van der Waals surface area contributed by atoms with Crippen molar-refractivity contribution in [2.45, 2.75) is 12.8 Å². The van der Waals surface area contributed by atoms with Crippen LogP contribution in [0, 0.1) is 0 Å². The molecular formula is C18H28BrIN4O2. The fourth-order valence-electron chi connectivity index (χ4n) is 2.04. The van der Waals surface area contributed by atoms with Gasteiger partial charge in [-0.25, -0.2) is 4.99 Å². The molecule has 0 saturated carbocycles. The number of aryl methyl sites for hydroxylation is 1. The predicted molar refractivity (Wildman–Crippen MR) is 122 cm³/mol. The molecule has 1 aromatic rings. The van der Waals surface area contributed by atoms with Crippen molar-refractivity contribution in [3.63, 3.8) is 0 Å². The average Bonchev–Trinajstić information content (AvgIpc) is 2.60. The lowest BCUT2D eigenvalue weighted by atomic mass is 10.1. The topological polar surface area (TPSA) is 66.0 Å². The Morgan fingerprint density at radius 2 is 2.12 bits per heavy atom. The van der Waals surface area contributed by atoms with E-state index in [9.17, 15) is 4.79 Å². The number of rotatable bonds is 9. The summed E-state index contributed by atoms with van der Waals surface area (Å²) in [7, 11) is 5.11. The van der Waals surface area contributed by atoms with Gasteiger partial charge in [0.25, 0.3) is 0 Å². The number of hydrogen-bond donors (Lipinski definition) is 2. The fourth-order valence-corrected chi connectivity index (χ4v) is 2.38. The maximum absolute atomic E-state index is 11.7. The van der Waals surface area contributed by atoms with Crippen LogP contribution in [0.5, 0.6) is 5.75 Å². The van der Waals surface area contributed by atoms with E-state index in [4.69, 9.17) is 4.74 Å². The molecule has 1 amide bonds. The normalized spacial score (nSPS) is 10.5. The number of hydrogen-bond acceptors (Lipinski definition) is 3. The van der Waals surface area contributed by atoms with Gasteiger partial charge in [0.05, 0.1) is 7.11 Å². The largest absolute Gasteiger partial charge is 0.496 e. The number of benzene rings is 1. The van der Waals surface area contributed by atoms with Gasteiger partial charge >= 0.3 is 0 Å². The molecule has 0 spiro atoms. The monoisotopic (exact) mass is 538 g/mol. The van der Waals surface area contributed by atoms with Crippen molar-refractivity contribution in [3.05, 3.63) is 40.9 Å². The van der Waals surface area contributed by atoms with Crippen LogP contribution in [0.25, 0.3) is 0 Å². The summed E-state index contributed by atoms with van der Waals surface area (Å²) in [5.41, 5.74) is 1.16. The molecule has 1 aromatic carbocycles. The van der Waals surface area contributed by atoms with Gasteiger partial charge in [-0.1, -0.05) is 28.1 Å². The first-order valence-corrected chi connectivity index (χ1v) is 8.93. The third-order valence-electron chi connectivity index (χ3n) is 3.45. The van der Waals surface area contributed by atoms with Crippen LogP contribution in [0.1, 0.15) is 12.0 Å². The van der Waals surface area contributed by atoms with E-state index in [0.717, 1.165) is 35.2 Å². The Balaban J connectivity index is 0.00000625. The summed E-state index contributed by atoms with van der Waals surface area (Å²) in [6.45, 7) is 5.11. The lowest BCUT2D eigenvalue weighted by Crippen LogP contribution is -2.39. The molecule has 8 heteroatoms. The number of carbonyl (C=O) groups excluding carboxylic acids is 1. The van der Waals surface area contributed by atoms with E-state index in [1.54, 1.807) is 27.3 Å². The first-order chi connectivity index (χ1) is 12.0. The molecule has 26 heavy (non-hydrogen) atoms. The second-order valence-corrected chi connectivity index (χ2v) is 6.52. The van der Waals surface area contributed by atoms with Crippen LogP contribution >= 0.6 is 39.9 Å². The van der Waals surface area contributed by atoms with Gasteiger partial charge in [-0.05, 0) is 30.5 Å². The number of ether oxygens (including phenoxy) is 1. The first kappa shape index (κ1) is 24.7. The quantitative estimate of drug-likeness (QED) is 0.167. The first-order valence-electron chi connectivity index (χ1n) is 8.13. The van der Waals surface area contributed by atoms with Crippen LogP contribution in [-0.2, 0) is 11.2 Å². The SMILES string of the molecule is C=CCNC(=NCC(=O)N(C)C)NCCCc1ccc(Br)cc1OC.I. The van der Waals surface area contributed by atoms with E-state index in [2.05, 4.69) is 44.2 Å². The van der Waals surface area contributed by atoms with Gasteiger partial charge < -0.3 is 20.3 Å². The van der Waals surface area contributed by atoms with Gasteiger partial charge in [0.1, 0.15) is 12.3 Å². The van der Waals surface area contributed by atoms with Crippen molar-refractivity contribution in [2.24, 2.45) is 4.99 Å². The third kappa shape index (κ3) is 9.42. The molecule has 0 atom stereocenters. The van der Waals surface area contributed by atoms with Gasteiger partial charge in [0, 0.05) is 31.7 Å². The van der Waals surface area contributed by atoms with Crippen LogP contribution < -0.4 is 15.4 Å². The van der Waals surface area contributed by atoms with E-state index in [1.807, 2.05) is 12.1 Å². The molecule has 2 N–H and O–H groups in total. The lowest BCUT2D eigenvalue weighted by Gasteiger charge is -2.13. The second kappa shape index (κ2) is 13.9. The van der Waals surface area contributed by atoms with Gasteiger partial charge in [-0.15, -0.1) is 30.6 Å². The smallest absolute Gasteiger partial charge is 0.243 e. The minimum absolute atomic E-state index is 0. The zero-order valence-corrected chi connectivity index (χ0v) is 19.5. The van der Waals surface area contributed by atoms with Crippen molar-refractivity contribution >= 4 is 51.8 Å². The molecule has 0 unspecified atom stereocenters. The minimum atomic E-state index is -0.0423. The number of carbonyl (C=O) groups is 1. The molecule has 0 bridgehead atoms. The Labute approximate surface area is 181 Å². The summed E-state index contributed by atoms with van der Waals surface area (Å²) in [6, 6.07) is 6.04. The van der Waals surface area contributed by atoms with Crippen LogP contribution in [0.15, 0.2) is 40.3 Å². The highest BCUT2D eigenvalue weighted by atomic mass is 127. The molecule has 0 fully saturated rings. The number of likely N-dealkylation sites (N-methyl/N-ethyl adjacent to an activating group) is 1. The zero-order valence-electron chi connectivity index (χ0n) is 15.5. The Hall–Kier alpha value is -1.29. The number of guanidine groups is 1. The predicted octanol–water partition coefficient (Wildman–Crippen LogP) is 2.82. The summed E-state index contributed by atoms with van der Waals surface area (Å²) in [4.78, 5) is 17.5. The summed E-state index contributed by atoms with van der Waals surface area (Å²) < 4.78 is 6.40. The van der Waals surface area contributed by atoms with Crippen molar-refractivity contribution in [3.8, 4) is 5.75 Å². The molecule has 0 heterocycles. The molecule has 0 aliphatic rings. The summed E-state index contributed by atoms with van der Waals surface area (Å²) in [6.07, 6.45) is 3.54. The summed E-state index contributed by atoms with van der Waals surface area (Å²) in [5, 5.41) is 6.35. The van der Waals surface area contributed by atoms with E-state index < -0.39 is 0 Å². The maximum atomic E-state index is 11.7. The second-order valence-electron chi connectivity index (χ2n) is 5.61. The van der Waals surface area contributed by atoms with Gasteiger partial charge in [0.2, 0.25) is 5.91 Å². The van der Waals surface area contributed by atoms with Crippen molar-refractivity contribution in [2.75, 3.05) is 40.8 Å². The molecule has 0 aromatic heterocycles. The molecule has 0 aliphatic heterocycles. The zero-order chi connectivity index (χ0) is 18.7. The lowest BCUT2D eigenvalue weighted by molar-refractivity contribution is -0.127. The number of aliphatic imine (C=N–C) groups is 1. The average molecular weight is 539 g/mol. The van der Waals surface area contributed by atoms with Crippen molar-refractivity contribution < 1.29 is 9.53 Å². The maximum Gasteiger partial charge on any atom is 0.243 e. The van der Waals surface area contributed by atoms with Crippen LogP contribution in [0.4, 0.5) is 0 Å². The number of nitrogens with one attached hydrogen (secondary N) is 2. The number of amides is 1. The highest BCUT2D eigenvalue weighted by Gasteiger charge is 2.06. The van der Waals surface area contributed by atoms with Crippen LogP contribution in [0.2, 0.25) is 0 Å².